The summed E-state index contributed by atoms with van der Waals surface area (Å²) in [4.78, 5) is 11.3. The maximum Gasteiger partial charge on any atom is 0.324 e. The molecule has 0 aromatic rings. The van der Waals surface area contributed by atoms with E-state index in [1.807, 2.05) is 0 Å². The molecular formula is C10H15NO2. The summed E-state index contributed by atoms with van der Waals surface area (Å²) < 4.78 is 0. The molecule has 0 saturated heterocycles. The van der Waals surface area contributed by atoms with E-state index in [-0.39, 0.29) is 0 Å². The third kappa shape index (κ3) is 0.539. The number of hydrogen-bond acceptors (Lipinski definition) is 2. The van der Waals surface area contributed by atoms with Gasteiger partial charge >= 0.3 is 5.97 Å². The van der Waals surface area contributed by atoms with Crippen molar-refractivity contribution in [3.8, 4) is 0 Å². The van der Waals surface area contributed by atoms with Crippen LogP contribution in [-0.4, -0.2) is 23.7 Å². The molecule has 2 N–H and O–H groups in total. The van der Waals surface area contributed by atoms with Crippen molar-refractivity contribution in [2.45, 2.75) is 25.3 Å². The zero-order valence-corrected chi connectivity index (χ0v) is 8.00. The van der Waals surface area contributed by atoms with Crippen molar-refractivity contribution in [1.29, 1.82) is 0 Å². The van der Waals surface area contributed by atoms with Gasteiger partial charge in [-0.05, 0) is 43.1 Å². The maximum absolute atomic E-state index is 11.3. The first kappa shape index (κ1) is 7.80. The summed E-state index contributed by atoms with van der Waals surface area (Å²) in [6.45, 7) is 2.25. The summed E-state index contributed by atoms with van der Waals surface area (Å²) in [5.74, 6) is 0.859. The molecule has 4 aliphatic carbocycles. The molecule has 3 heteroatoms. The number of carbonyl (C=O) groups is 1. The summed E-state index contributed by atoms with van der Waals surface area (Å²) in [5.41, 5.74) is -0.203. The lowest BCUT2D eigenvalue weighted by Gasteiger charge is -2.28. The minimum atomic E-state index is -0.631. The zero-order chi connectivity index (χ0) is 9.43. The predicted octanol–water partition coefficient (Wildman–Crippen LogP) is 0.705. The van der Waals surface area contributed by atoms with Gasteiger partial charge in [0.2, 0.25) is 0 Å². The van der Waals surface area contributed by atoms with E-state index in [4.69, 9.17) is 0 Å². The summed E-state index contributed by atoms with van der Waals surface area (Å²) in [6.07, 6.45) is 2.25. The fraction of sp³-hybridized carbons (Fsp3) is 0.900. The standard InChI is InChI=1S/C10H15NO2/c1-9-4-5-3-6(9)7(9)10(5,11-2)8(12)13/h5-7,11H,3-4H2,1-2H3,(H,12,13). The van der Waals surface area contributed by atoms with E-state index < -0.39 is 11.5 Å². The van der Waals surface area contributed by atoms with Crippen LogP contribution < -0.4 is 5.32 Å². The second-order valence-corrected chi connectivity index (χ2v) is 5.15. The molecule has 3 nitrogen and oxygen atoms in total. The Morgan fingerprint density at radius 3 is 2.46 bits per heavy atom. The molecule has 5 unspecified atom stereocenters. The van der Waals surface area contributed by atoms with Gasteiger partial charge in [0.15, 0.2) is 0 Å². The van der Waals surface area contributed by atoms with Crippen molar-refractivity contribution in [3.63, 3.8) is 0 Å². The Morgan fingerprint density at radius 1 is 1.62 bits per heavy atom. The van der Waals surface area contributed by atoms with Gasteiger partial charge < -0.3 is 10.4 Å². The maximum atomic E-state index is 11.3. The quantitative estimate of drug-likeness (QED) is 0.659. The summed E-state index contributed by atoms with van der Waals surface area (Å²) in [5, 5.41) is 12.4. The lowest BCUT2D eigenvalue weighted by molar-refractivity contribution is -0.146. The van der Waals surface area contributed by atoms with Crippen molar-refractivity contribution in [2.24, 2.45) is 23.2 Å². The Morgan fingerprint density at radius 2 is 2.31 bits per heavy atom. The Hall–Kier alpha value is -0.570. The number of carboxylic acids is 1. The Kier molecular flexibility index (Phi) is 1.07. The van der Waals surface area contributed by atoms with Crippen LogP contribution in [0.1, 0.15) is 19.8 Å². The van der Waals surface area contributed by atoms with E-state index in [2.05, 4.69) is 12.2 Å². The van der Waals surface area contributed by atoms with Gasteiger partial charge in [-0.15, -0.1) is 0 Å². The Labute approximate surface area is 77.5 Å². The normalized spacial score (nSPS) is 61.2. The molecule has 4 rings (SSSR count). The van der Waals surface area contributed by atoms with Crippen molar-refractivity contribution < 1.29 is 9.90 Å². The van der Waals surface area contributed by atoms with Crippen LogP contribution in [0.25, 0.3) is 0 Å². The highest BCUT2D eigenvalue weighted by atomic mass is 16.4. The molecule has 13 heavy (non-hydrogen) atoms. The van der Waals surface area contributed by atoms with E-state index >= 15 is 0 Å². The van der Waals surface area contributed by atoms with Gasteiger partial charge in [0.1, 0.15) is 5.54 Å². The number of aliphatic carboxylic acids is 1. The highest BCUT2D eigenvalue weighted by molar-refractivity contribution is 5.83. The first-order valence-corrected chi connectivity index (χ1v) is 4.99. The van der Waals surface area contributed by atoms with Gasteiger partial charge in [0, 0.05) is 0 Å². The van der Waals surface area contributed by atoms with Crippen molar-refractivity contribution in [1.82, 2.24) is 5.32 Å². The van der Waals surface area contributed by atoms with Crippen LogP contribution in [-0.2, 0) is 4.79 Å². The molecule has 0 aliphatic heterocycles. The lowest BCUT2D eigenvalue weighted by Crippen LogP contribution is -2.53. The largest absolute Gasteiger partial charge is 0.480 e. The monoisotopic (exact) mass is 181 g/mol. The summed E-state index contributed by atoms with van der Waals surface area (Å²) in [6, 6.07) is 0. The molecule has 0 radical (unpaired) electrons. The molecule has 0 aromatic carbocycles. The van der Waals surface area contributed by atoms with Crippen LogP contribution in [0.5, 0.6) is 0 Å². The van der Waals surface area contributed by atoms with Gasteiger partial charge in [-0.25, -0.2) is 0 Å². The number of rotatable bonds is 2. The highest BCUT2D eigenvalue weighted by Gasteiger charge is 2.84. The van der Waals surface area contributed by atoms with Crippen molar-refractivity contribution in [2.75, 3.05) is 7.05 Å². The van der Waals surface area contributed by atoms with Crippen LogP contribution in [0, 0.1) is 23.2 Å². The molecule has 0 amide bonds. The van der Waals surface area contributed by atoms with Crippen LogP contribution in [0.4, 0.5) is 0 Å². The smallest absolute Gasteiger partial charge is 0.324 e. The van der Waals surface area contributed by atoms with Crippen molar-refractivity contribution in [3.05, 3.63) is 0 Å². The average molecular weight is 181 g/mol. The second kappa shape index (κ2) is 1.78. The van der Waals surface area contributed by atoms with E-state index in [0.29, 0.717) is 23.2 Å². The predicted molar refractivity (Wildman–Crippen MR) is 47.2 cm³/mol. The molecule has 4 saturated carbocycles. The molecule has 0 spiro atoms. The van der Waals surface area contributed by atoms with Crippen LogP contribution in [0.3, 0.4) is 0 Å². The fourth-order valence-electron chi connectivity index (χ4n) is 4.48. The van der Waals surface area contributed by atoms with Gasteiger partial charge in [-0.2, -0.15) is 0 Å². The number of nitrogens with one attached hydrogen (secondary N) is 1. The fourth-order valence-corrected chi connectivity index (χ4v) is 4.48. The SMILES string of the molecule is CNC1(C(=O)O)C2CC3C1C3(C)C2. The number of likely N-dealkylation sites (N-methyl/N-ethyl adjacent to an activating group) is 1. The molecule has 5 atom stereocenters. The first-order valence-electron chi connectivity index (χ1n) is 4.99. The highest BCUT2D eigenvalue weighted by Crippen LogP contribution is 2.82. The Bertz CT molecular complexity index is 303. The van der Waals surface area contributed by atoms with Crippen molar-refractivity contribution >= 4 is 5.97 Å². The second-order valence-electron chi connectivity index (χ2n) is 5.15. The van der Waals surface area contributed by atoms with Gasteiger partial charge in [0.25, 0.3) is 0 Å². The molecule has 4 bridgehead atoms. The summed E-state index contributed by atoms with van der Waals surface area (Å²) in [7, 11) is 1.80. The van der Waals surface area contributed by atoms with Crippen LogP contribution in [0.15, 0.2) is 0 Å². The van der Waals surface area contributed by atoms with Gasteiger partial charge in [-0.1, -0.05) is 6.92 Å². The Balaban J connectivity index is 2.07. The molecule has 4 aliphatic rings. The van der Waals surface area contributed by atoms with E-state index in [1.165, 1.54) is 0 Å². The molecular weight excluding hydrogens is 166 g/mol. The van der Waals surface area contributed by atoms with E-state index in [9.17, 15) is 9.90 Å². The third-order valence-electron chi connectivity index (χ3n) is 4.98. The number of hydrogen-bond donors (Lipinski definition) is 2. The molecule has 0 heterocycles. The van der Waals surface area contributed by atoms with E-state index in [1.54, 1.807) is 7.05 Å². The van der Waals surface area contributed by atoms with E-state index in [0.717, 1.165) is 12.8 Å². The molecule has 4 fully saturated rings. The van der Waals surface area contributed by atoms with Gasteiger partial charge in [0.05, 0.1) is 0 Å². The summed E-state index contributed by atoms with van der Waals surface area (Å²) >= 11 is 0. The molecule has 72 valence electrons. The minimum Gasteiger partial charge on any atom is -0.480 e. The lowest BCUT2D eigenvalue weighted by atomic mass is 9.88. The van der Waals surface area contributed by atoms with Gasteiger partial charge in [-0.3, -0.25) is 4.79 Å². The average Bonchev–Trinajstić information content (AvgIpc) is 2.48. The minimum absolute atomic E-state index is 0.367. The third-order valence-corrected chi connectivity index (χ3v) is 4.98. The van der Waals surface area contributed by atoms with Crippen LogP contribution in [0.2, 0.25) is 0 Å². The zero-order valence-electron chi connectivity index (χ0n) is 8.00. The molecule has 0 aromatic heterocycles. The topological polar surface area (TPSA) is 49.3 Å². The number of carboxylic acid groups (broad SMARTS) is 1. The first-order chi connectivity index (χ1) is 6.07. The van der Waals surface area contributed by atoms with Crippen LogP contribution >= 0.6 is 0 Å².